The molecule has 0 aliphatic rings. The molecule has 2 rings (SSSR count). The first kappa shape index (κ1) is 16.6. The van der Waals surface area contributed by atoms with Crippen LogP contribution in [0.25, 0.3) is 11.2 Å². The number of fused-ring (bicyclic) bond motifs is 1. The number of aromatic nitrogens is 4. The summed E-state index contributed by atoms with van der Waals surface area (Å²) in [6, 6.07) is 0. The molecule has 0 aromatic carbocycles. The summed E-state index contributed by atoms with van der Waals surface area (Å²) in [6.07, 6.45) is 2.19. The highest BCUT2D eigenvalue weighted by atomic mass is 32.2. The van der Waals surface area contributed by atoms with Gasteiger partial charge in [0.2, 0.25) is 0 Å². The van der Waals surface area contributed by atoms with E-state index in [9.17, 15) is 9.59 Å². The van der Waals surface area contributed by atoms with E-state index >= 15 is 0 Å². The minimum absolute atomic E-state index is 0.311. The molecule has 0 radical (unpaired) electrons. The smallest absolute Gasteiger partial charge is 0.309 e. The van der Waals surface area contributed by atoms with E-state index in [2.05, 4.69) is 18.5 Å². The summed E-state index contributed by atoms with van der Waals surface area (Å²) in [5.74, 6) is 0.935. The van der Waals surface area contributed by atoms with Gasteiger partial charge in [0, 0.05) is 26.4 Å². The fraction of sp³-hybridized carbons (Fsp3) is 0.533. The van der Waals surface area contributed by atoms with E-state index in [-0.39, 0.29) is 11.2 Å². The van der Waals surface area contributed by atoms with E-state index in [0.29, 0.717) is 17.7 Å². The van der Waals surface area contributed by atoms with Crippen LogP contribution in [0.3, 0.4) is 0 Å². The summed E-state index contributed by atoms with van der Waals surface area (Å²) in [6.45, 7) is 8.51. The highest BCUT2D eigenvalue weighted by Crippen LogP contribution is 2.23. The second kappa shape index (κ2) is 6.56. The molecule has 0 fully saturated rings. The summed E-state index contributed by atoms with van der Waals surface area (Å²) in [5, 5.41) is 0.768. The highest BCUT2D eigenvalue weighted by Gasteiger charge is 2.19. The summed E-state index contributed by atoms with van der Waals surface area (Å²) < 4.78 is 4.43. The summed E-state index contributed by atoms with van der Waals surface area (Å²) in [5.41, 5.74) is 1.17. The molecule has 0 N–H and O–H groups in total. The van der Waals surface area contributed by atoms with Gasteiger partial charge in [0.25, 0.3) is 5.56 Å². The van der Waals surface area contributed by atoms with Gasteiger partial charge in [-0.15, -0.1) is 0 Å². The Bertz CT molecular complexity index is 829. The van der Waals surface area contributed by atoms with Crippen LogP contribution in [-0.4, -0.2) is 24.4 Å². The molecule has 22 heavy (non-hydrogen) atoms. The van der Waals surface area contributed by atoms with Gasteiger partial charge in [-0.2, -0.15) is 0 Å². The maximum absolute atomic E-state index is 12.5. The Kier molecular flexibility index (Phi) is 4.95. The molecule has 2 heterocycles. The average molecular weight is 322 g/mol. The molecular weight excluding hydrogens is 300 g/mol. The number of aryl methyl sites for hydroxylation is 1. The molecule has 0 aliphatic heterocycles. The molecule has 0 bridgehead atoms. The fourth-order valence-electron chi connectivity index (χ4n) is 2.26. The van der Waals surface area contributed by atoms with Gasteiger partial charge >= 0.3 is 5.69 Å². The Hall–Kier alpha value is -1.76. The third-order valence-corrected chi connectivity index (χ3v) is 4.53. The Morgan fingerprint density at radius 2 is 1.95 bits per heavy atom. The van der Waals surface area contributed by atoms with E-state index in [0.717, 1.165) is 33.9 Å². The van der Waals surface area contributed by atoms with Crippen LogP contribution in [-0.2, 0) is 20.6 Å². The maximum atomic E-state index is 12.5. The molecule has 2 aromatic heterocycles. The normalized spacial score (nSPS) is 11.3. The van der Waals surface area contributed by atoms with Gasteiger partial charge in [-0.25, -0.2) is 9.78 Å². The maximum Gasteiger partial charge on any atom is 0.332 e. The molecule has 0 unspecified atom stereocenters. The van der Waals surface area contributed by atoms with Crippen molar-refractivity contribution in [1.29, 1.82) is 0 Å². The minimum atomic E-state index is -0.359. The monoisotopic (exact) mass is 322 g/mol. The van der Waals surface area contributed by atoms with Gasteiger partial charge in [0.1, 0.15) is 0 Å². The minimum Gasteiger partial charge on any atom is -0.309 e. The quantitative estimate of drug-likeness (QED) is 0.463. The van der Waals surface area contributed by atoms with Gasteiger partial charge < -0.3 is 4.57 Å². The Balaban J connectivity index is 2.72. The topological polar surface area (TPSA) is 61.8 Å². The van der Waals surface area contributed by atoms with Crippen molar-refractivity contribution in [3.8, 4) is 0 Å². The van der Waals surface area contributed by atoms with Gasteiger partial charge in [-0.05, 0) is 13.3 Å². The first-order valence-electron chi connectivity index (χ1n) is 7.31. The van der Waals surface area contributed by atoms with Crippen molar-refractivity contribution in [2.24, 2.45) is 14.1 Å². The molecule has 0 aliphatic carbocycles. The van der Waals surface area contributed by atoms with Crippen molar-refractivity contribution < 1.29 is 0 Å². The van der Waals surface area contributed by atoms with Gasteiger partial charge in [0.05, 0.1) is 0 Å². The number of rotatable bonds is 6. The Morgan fingerprint density at radius 1 is 1.27 bits per heavy atom. The van der Waals surface area contributed by atoms with Crippen LogP contribution in [0.1, 0.15) is 26.7 Å². The number of imidazole rings is 1. The lowest BCUT2D eigenvalue weighted by Gasteiger charge is -2.08. The molecule has 6 nitrogen and oxygen atoms in total. The van der Waals surface area contributed by atoms with Crippen molar-refractivity contribution >= 4 is 22.9 Å². The number of thioether (sulfide) groups is 1. The summed E-state index contributed by atoms with van der Waals surface area (Å²) >= 11 is 1.62. The summed E-state index contributed by atoms with van der Waals surface area (Å²) in [7, 11) is 3.13. The molecule has 0 saturated heterocycles. The number of nitrogens with zero attached hydrogens (tertiary/aromatic N) is 4. The number of allylic oxidation sites excluding steroid dienone is 1. The van der Waals surface area contributed by atoms with Crippen LogP contribution in [0, 0.1) is 0 Å². The van der Waals surface area contributed by atoms with Crippen LogP contribution < -0.4 is 11.2 Å². The predicted octanol–water partition coefficient (Wildman–Crippen LogP) is 1.90. The van der Waals surface area contributed by atoms with Crippen molar-refractivity contribution in [3.05, 3.63) is 33.0 Å². The van der Waals surface area contributed by atoms with Crippen molar-refractivity contribution in [2.75, 3.05) is 5.75 Å². The second-order valence-electron chi connectivity index (χ2n) is 5.52. The lowest BCUT2D eigenvalue weighted by atomic mass is 10.3. The lowest BCUT2D eigenvalue weighted by molar-refractivity contribution is 0.693. The van der Waals surface area contributed by atoms with Crippen molar-refractivity contribution in [3.63, 3.8) is 0 Å². The van der Waals surface area contributed by atoms with Crippen molar-refractivity contribution in [2.45, 2.75) is 38.4 Å². The molecule has 0 atom stereocenters. The van der Waals surface area contributed by atoms with E-state index in [1.807, 2.05) is 11.5 Å². The van der Waals surface area contributed by atoms with Crippen LogP contribution >= 0.6 is 11.8 Å². The largest absolute Gasteiger partial charge is 0.332 e. The van der Waals surface area contributed by atoms with Crippen LogP contribution in [0.2, 0.25) is 0 Å². The molecule has 2 aromatic rings. The lowest BCUT2D eigenvalue weighted by Crippen LogP contribution is -2.37. The Labute approximate surface area is 133 Å². The summed E-state index contributed by atoms with van der Waals surface area (Å²) in [4.78, 5) is 29.1. The molecule has 120 valence electrons. The zero-order valence-corrected chi connectivity index (χ0v) is 14.4. The number of hydrogen-bond acceptors (Lipinski definition) is 4. The average Bonchev–Trinajstić information content (AvgIpc) is 2.81. The third kappa shape index (κ3) is 2.90. The molecule has 7 heteroatoms. The van der Waals surface area contributed by atoms with E-state index < -0.39 is 0 Å². The second-order valence-corrected chi connectivity index (χ2v) is 6.58. The zero-order valence-electron chi connectivity index (χ0n) is 13.5. The van der Waals surface area contributed by atoms with Crippen molar-refractivity contribution in [1.82, 2.24) is 18.7 Å². The van der Waals surface area contributed by atoms with Crippen LogP contribution in [0.4, 0.5) is 0 Å². The zero-order chi connectivity index (χ0) is 16.4. The highest BCUT2D eigenvalue weighted by molar-refractivity contribution is 7.99. The SMILES string of the molecule is C=C(C)Cn1c(SCCCC)nc2c1c(=O)n(C)c(=O)n2C. The fourth-order valence-corrected chi connectivity index (χ4v) is 3.34. The third-order valence-electron chi connectivity index (χ3n) is 3.47. The van der Waals surface area contributed by atoms with Gasteiger partial charge in [-0.1, -0.05) is 37.3 Å². The number of unbranched alkanes of at least 4 members (excludes halogenated alkanes) is 1. The van der Waals surface area contributed by atoms with Crippen LogP contribution in [0.5, 0.6) is 0 Å². The standard InChI is InChI=1S/C15H22N4O2S/c1-6-7-8-22-14-16-12-11(19(14)9-10(2)3)13(20)18(5)15(21)17(12)4/h2,6-9H2,1,3-5H3. The molecule has 0 saturated carbocycles. The first-order valence-corrected chi connectivity index (χ1v) is 8.30. The number of hydrogen-bond donors (Lipinski definition) is 0. The molecular formula is C15H22N4O2S. The van der Waals surface area contributed by atoms with Gasteiger partial charge in [0.15, 0.2) is 16.3 Å². The van der Waals surface area contributed by atoms with E-state index in [1.54, 1.807) is 18.8 Å². The van der Waals surface area contributed by atoms with E-state index in [4.69, 9.17) is 0 Å². The Morgan fingerprint density at radius 3 is 2.55 bits per heavy atom. The molecule has 0 amide bonds. The predicted molar refractivity (Wildman–Crippen MR) is 90.7 cm³/mol. The van der Waals surface area contributed by atoms with E-state index in [1.165, 1.54) is 11.6 Å². The molecule has 0 spiro atoms. The first-order chi connectivity index (χ1) is 10.4. The van der Waals surface area contributed by atoms with Gasteiger partial charge in [-0.3, -0.25) is 13.9 Å². The van der Waals surface area contributed by atoms with Crippen LogP contribution in [0.15, 0.2) is 26.9 Å².